The lowest BCUT2D eigenvalue weighted by atomic mass is 10.1. The molecule has 1 N–H and O–H groups in total. The standard InChI is InChI=1S/C26H30N6OS/c1-18-28-22-17-19(14-15-23(22)31(18)20-9-4-3-5-10-20)25(33)27-16-8-13-24-29-30-26(34-2)32(24)21-11-6-7-12-21/h3-5,9-10,14-15,17,21H,6-8,11-13,16H2,1-2H3,(H,27,33). The van der Waals surface area contributed by atoms with E-state index in [1.165, 1.54) is 25.7 Å². The fourth-order valence-electron chi connectivity index (χ4n) is 4.94. The van der Waals surface area contributed by atoms with E-state index in [0.717, 1.165) is 46.4 Å². The second kappa shape index (κ2) is 10.0. The molecule has 0 radical (unpaired) electrons. The molecular weight excluding hydrogens is 444 g/mol. The number of carbonyl (C=O) groups excluding carboxylic acids is 1. The Balaban J connectivity index is 1.23. The summed E-state index contributed by atoms with van der Waals surface area (Å²) in [5, 5.41) is 12.9. The molecule has 2 aromatic heterocycles. The van der Waals surface area contributed by atoms with Crippen LogP contribution in [0.4, 0.5) is 0 Å². The smallest absolute Gasteiger partial charge is 0.251 e. The van der Waals surface area contributed by atoms with E-state index < -0.39 is 0 Å². The van der Waals surface area contributed by atoms with Gasteiger partial charge in [0.15, 0.2) is 5.16 Å². The number of carbonyl (C=O) groups is 1. The van der Waals surface area contributed by atoms with Gasteiger partial charge in [0.2, 0.25) is 0 Å². The third-order valence-corrected chi connectivity index (χ3v) is 7.21. The summed E-state index contributed by atoms with van der Waals surface area (Å²) in [4.78, 5) is 17.5. The van der Waals surface area contributed by atoms with E-state index >= 15 is 0 Å². The summed E-state index contributed by atoms with van der Waals surface area (Å²) in [6.07, 6.45) is 8.66. The van der Waals surface area contributed by atoms with Crippen molar-refractivity contribution in [1.82, 2.24) is 29.6 Å². The SMILES string of the molecule is CSc1nnc(CCCNC(=O)c2ccc3c(c2)nc(C)n3-c2ccccc2)n1C1CCCC1. The van der Waals surface area contributed by atoms with Crippen LogP contribution < -0.4 is 5.32 Å². The Morgan fingerprint density at radius 1 is 1.12 bits per heavy atom. The molecule has 2 aromatic carbocycles. The molecule has 34 heavy (non-hydrogen) atoms. The minimum atomic E-state index is -0.0733. The number of thioether (sulfide) groups is 1. The maximum Gasteiger partial charge on any atom is 0.251 e. The Kier molecular flexibility index (Phi) is 6.67. The maximum atomic E-state index is 12.8. The first-order valence-electron chi connectivity index (χ1n) is 12.0. The lowest BCUT2D eigenvalue weighted by Gasteiger charge is -2.16. The van der Waals surface area contributed by atoms with Gasteiger partial charge in [0.1, 0.15) is 11.6 Å². The molecule has 0 saturated heterocycles. The summed E-state index contributed by atoms with van der Waals surface area (Å²) in [6, 6.07) is 16.4. The zero-order valence-corrected chi connectivity index (χ0v) is 20.5. The van der Waals surface area contributed by atoms with Gasteiger partial charge in [-0.2, -0.15) is 0 Å². The van der Waals surface area contributed by atoms with Gasteiger partial charge >= 0.3 is 0 Å². The van der Waals surface area contributed by atoms with Crippen molar-refractivity contribution in [2.24, 2.45) is 0 Å². The summed E-state index contributed by atoms with van der Waals surface area (Å²) in [5.41, 5.74) is 3.51. The molecular formula is C26H30N6OS. The highest BCUT2D eigenvalue weighted by Crippen LogP contribution is 2.33. The summed E-state index contributed by atoms with van der Waals surface area (Å²) in [7, 11) is 0. The molecule has 1 saturated carbocycles. The van der Waals surface area contributed by atoms with Crippen LogP contribution in [0.3, 0.4) is 0 Å². The second-order valence-corrected chi connectivity index (χ2v) is 9.58. The third kappa shape index (κ3) is 4.46. The Morgan fingerprint density at radius 2 is 1.91 bits per heavy atom. The van der Waals surface area contributed by atoms with Crippen LogP contribution in [0.25, 0.3) is 16.7 Å². The number of nitrogens with one attached hydrogen (secondary N) is 1. The number of benzene rings is 2. The van der Waals surface area contributed by atoms with Crippen LogP contribution in [-0.4, -0.2) is 43.0 Å². The molecule has 1 aliphatic rings. The highest BCUT2D eigenvalue weighted by molar-refractivity contribution is 7.98. The zero-order chi connectivity index (χ0) is 23.5. The highest BCUT2D eigenvalue weighted by atomic mass is 32.2. The molecule has 2 heterocycles. The Hall–Kier alpha value is -3.13. The number of amides is 1. The number of hydrogen-bond acceptors (Lipinski definition) is 5. The average molecular weight is 475 g/mol. The summed E-state index contributed by atoms with van der Waals surface area (Å²) < 4.78 is 4.44. The zero-order valence-electron chi connectivity index (χ0n) is 19.7. The molecule has 4 aromatic rings. The van der Waals surface area contributed by atoms with Gasteiger partial charge in [-0.1, -0.05) is 42.8 Å². The largest absolute Gasteiger partial charge is 0.352 e. The first-order chi connectivity index (χ1) is 16.7. The van der Waals surface area contributed by atoms with Gasteiger partial charge in [-0.05, 0) is 62.8 Å². The summed E-state index contributed by atoms with van der Waals surface area (Å²) in [5.74, 6) is 1.86. The van der Waals surface area contributed by atoms with Crippen LogP contribution in [0.5, 0.6) is 0 Å². The molecule has 1 aliphatic carbocycles. The molecule has 7 nitrogen and oxygen atoms in total. The fraction of sp³-hybridized carbons (Fsp3) is 0.385. The number of para-hydroxylation sites is 1. The lowest BCUT2D eigenvalue weighted by molar-refractivity contribution is 0.0953. The van der Waals surface area contributed by atoms with Gasteiger partial charge in [0.05, 0.1) is 11.0 Å². The van der Waals surface area contributed by atoms with Gasteiger partial charge in [-0.15, -0.1) is 10.2 Å². The molecule has 1 fully saturated rings. The number of hydrogen-bond donors (Lipinski definition) is 1. The quantitative estimate of drug-likeness (QED) is 0.283. The normalized spacial score (nSPS) is 14.2. The Bertz CT molecular complexity index is 1290. The van der Waals surface area contributed by atoms with Crippen LogP contribution in [0.15, 0.2) is 53.7 Å². The number of fused-ring (bicyclic) bond motifs is 1. The van der Waals surface area contributed by atoms with Crippen molar-refractivity contribution >= 4 is 28.7 Å². The minimum Gasteiger partial charge on any atom is -0.352 e. The van der Waals surface area contributed by atoms with Crippen LogP contribution in [0.1, 0.15) is 60.2 Å². The molecule has 0 aliphatic heterocycles. The van der Waals surface area contributed by atoms with Crippen LogP contribution >= 0.6 is 11.8 Å². The van der Waals surface area contributed by atoms with E-state index in [-0.39, 0.29) is 5.91 Å². The minimum absolute atomic E-state index is 0.0733. The van der Waals surface area contributed by atoms with E-state index in [4.69, 9.17) is 0 Å². The first-order valence-corrected chi connectivity index (χ1v) is 13.2. The maximum absolute atomic E-state index is 12.8. The van der Waals surface area contributed by atoms with E-state index in [1.807, 2.05) is 43.3 Å². The van der Waals surface area contributed by atoms with Crippen molar-refractivity contribution in [3.05, 3.63) is 65.7 Å². The number of rotatable bonds is 8. The highest BCUT2D eigenvalue weighted by Gasteiger charge is 2.23. The molecule has 0 spiro atoms. The van der Waals surface area contributed by atoms with Crippen molar-refractivity contribution in [2.45, 2.75) is 56.6 Å². The van der Waals surface area contributed by atoms with Crippen molar-refractivity contribution in [2.75, 3.05) is 12.8 Å². The van der Waals surface area contributed by atoms with E-state index in [1.54, 1.807) is 11.8 Å². The van der Waals surface area contributed by atoms with Gasteiger partial charge in [0.25, 0.3) is 5.91 Å². The Morgan fingerprint density at radius 3 is 2.68 bits per heavy atom. The van der Waals surface area contributed by atoms with Crippen molar-refractivity contribution in [3.63, 3.8) is 0 Å². The van der Waals surface area contributed by atoms with Crippen molar-refractivity contribution < 1.29 is 4.79 Å². The topological polar surface area (TPSA) is 77.6 Å². The molecule has 0 unspecified atom stereocenters. The van der Waals surface area contributed by atoms with Crippen molar-refractivity contribution in [3.8, 4) is 5.69 Å². The average Bonchev–Trinajstić information content (AvgIpc) is 3.59. The van der Waals surface area contributed by atoms with Gasteiger partial charge < -0.3 is 9.88 Å². The second-order valence-electron chi connectivity index (χ2n) is 8.80. The summed E-state index contributed by atoms with van der Waals surface area (Å²) >= 11 is 1.66. The molecule has 1 amide bonds. The fourth-order valence-corrected chi connectivity index (χ4v) is 5.52. The van der Waals surface area contributed by atoms with Crippen LogP contribution in [-0.2, 0) is 6.42 Å². The molecule has 176 valence electrons. The lowest BCUT2D eigenvalue weighted by Crippen LogP contribution is -2.25. The number of aryl methyl sites for hydroxylation is 2. The van der Waals surface area contributed by atoms with Gasteiger partial charge in [0, 0.05) is 30.3 Å². The Labute approximate surface area is 204 Å². The predicted octanol–water partition coefficient (Wildman–Crippen LogP) is 5.13. The van der Waals surface area contributed by atoms with E-state index in [9.17, 15) is 4.79 Å². The number of aromatic nitrogens is 5. The number of nitrogens with zero attached hydrogens (tertiary/aromatic N) is 5. The molecule has 5 rings (SSSR count). The van der Waals surface area contributed by atoms with E-state index in [0.29, 0.717) is 18.2 Å². The molecule has 0 atom stereocenters. The third-order valence-electron chi connectivity index (χ3n) is 6.57. The van der Waals surface area contributed by atoms with E-state index in [2.05, 4.69) is 48.0 Å². The molecule has 0 bridgehead atoms. The van der Waals surface area contributed by atoms with Gasteiger partial charge in [-0.3, -0.25) is 9.36 Å². The van der Waals surface area contributed by atoms with Crippen molar-refractivity contribution in [1.29, 1.82) is 0 Å². The first kappa shape index (κ1) is 22.7. The predicted molar refractivity (Wildman–Crippen MR) is 136 cm³/mol. The summed E-state index contributed by atoms with van der Waals surface area (Å²) in [6.45, 7) is 2.58. The van der Waals surface area contributed by atoms with Crippen LogP contribution in [0, 0.1) is 6.92 Å². The van der Waals surface area contributed by atoms with Crippen LogP contribution in [0.2, 0.25) is 0 Å². The van der Waals surface area contributed by atoms with Gasteiger partial charge in [-0.25, -0.2) is 4.98 Å². The number of imidazole rings is 1. The molecule has 8 heteroatoms. The monoisotopic (exact) mass is 474 g/mol.